The molecule has 8 nitrogen and oxygen atoms in total. The van der Waals surface area contributed by atoms with E-state index in [1.54, 1.807) is 83.5 Å². The van der Waals surface area contributed by atoms with Gasteiger partial charge in [-0.2, -0.15) is 4.31 Å². The maximum atomic E-state index is 16.2. The van der Waals surface area contributed by atoms with E-state index in [0.29, 0.717) is 22.6 Å². The maximum Gasteiger partial charge on any atom is 0.410 e. The number of carbonyl (C=O) groups is 1. The van der Waals surface area contributed by atoms with Gasteiger partial charge < -0.3 is 19.1 Å². The summed E-state index contributed by atoms with van der Waals surface area (Å²) in [6, 6.07) is 14.0. The second kappa shape index (κ2) is 11.0. The highest BCUT2D eigenvalue weighted by Crippen LogP contribution is 2.36. The van der Waals surface area contributed by atoms with Crippen LogP contribution in [0.15, 0.2) is 48.5 Å². The molecule has 0 unspecified atom stereocenters. The van der Waals surface area contributed by atoms with Crippen molar-refractivity contribution >= 4 is 16.1 Å². The van der Waals surface area contributed by atoms with Gasteiger partial charge in [0.2, 0.25) is 15.0 Å². The smallest absolute Gasteiger partial charge is 0.410 e. The molecule has 0 saturated carbocycles. The minimum Gasteiger partial charge on any atom is -0.497 e. The number of rotatable bonds is 8. The molecule has 0 aliphatic carbocycles. The Hall–Kier alpha value is -2.85. The Labute approximate surface area is 213 Å². The molecule has 1 saturated heterocycles. The van der Waals surface area contributed by atoms with Crippen LogP contribution in [0.3, 0.4) is 0 Å². The average molecular weight is 523 g/mol. The van der Waals surface area contributed by atoms with E-state index in [9.17, 15) is 13.2 Å². The van der Waals surface area contributed by atoms with Crippen molar-refractivity contribution in [2.75, 3.05) is 27.3 Å². The Morgan fingerprint density at radius 3 is 1.69 bits per heavy atom. The van der Waals surface area contributed by atoms with Gasteiger partial charge in [-0.05, 0) is 56.2 Å². The van der Waals surface area contributed by atoms with Crippen LogP contribution in [0.2, 0.25) is 0 Å². The third-order valence-corrected chi connectivity index (χ3v) is 8.27. The highest BCUT2D eigenvalue weighted by atomic mass is 32.2. The number of amides is 1. The van der Waals surface area contributed by atoms with E-state index in [1.165, 1.54) is 9.21 Å². The van der Waals surface area contributed by atoms with E-state index >= 15 is 4.39 Å². The summed E-state index contributed by atoms with van der Waals surface area (Å²) in [5, 5.41) is -2.51. The molecule has 2 aromatic carbocycles. The Bertz CT molecular complexity index is 1070. The minimum absolute atomic E-state index is 0.0141. The Balaban J connectivity index is 1.83. The van der Waals surface area contributed by atoms with E-state index in [4.69, 9.17) is 14.2 Å². The van der Waals surface area contributed by atoms with Crippen LogP contribution in [0.25, 0.3) is 0 Å². The summed E-state index contributed by atoms with van der Waals surface area (Å²) in [5.74, 6) is 1.28. The van der Waals surface area contributed by atoms with Gasteiger partial charge in [-0.1, -0.05) is 24.3 Å². The van der Waals surface area contributed by atoms with Gasteiger partial charge in [-0.3, -0.25) is 0 Å². The number of nitrogens with zero attached hydrogens (tertiary/aromatic N) is 2. The fraction of sp³-hybridized carbons (Fsp3) is 0.500. The first-order valence-corrected chi connectivity index (χ1v) is 13.2. The van der Waals surface area contributed by atoms with Crippen molar-refractivity contribution in [3.05, 3.63) is 59.7 Å². The van der Waals surface area contributed by atoms with Gasteiger partial charge in [0, 0.05) is 39.0 Å². The molecule has 2 aromatic rings. The first-order valence-electron chi connectivity index (χ1n) is 11.8. The molecule has 0 radical (unpaired) electrons. The van der Waals surface area contributed by atoms with Crippen LogP contribution in [-0.4, -0.2) is 61.6 Å². The lowest BCUT2D eigenvalue weighted by atomic mass is 10.1. The van der Waals surface area contributed by atoms with E-state index in [0.717, 1.165) is 0 Å². The highest BCUT2D eigenvalue weighted by Gasteiger charge is 2.50. The summed E-state index contributed by atoms with van der Waals surface area (Å²) < 4.78 is 60.5. The summed E-state index contributed by atoms with van der Waals surface area (Å²) in [6.45, 7) is 5.10. The van der Waals surface area contributed by atoms with Crippen molar-refractivity contribution < 1.29 is 31.8 Å². The summed E-state index contributed by atoms with van der Waals surface area (Å²) in [5.41, 5.74) is 0.700. The van der Waals surface area contributed by atoms with Crippen LogP contribution in [0.1, 0.15) is 44.7 Å². The Morgan fingerprint density at radius 2 is 1.33 bits per heavy atom. The van der Waals surface area contributed by atoms with E-state index in [-0.39, 0.29) is 39.0 Å². The number of benzene rings is 2. The molecule has 0 aromatic heterocycles. The molecule has 1 amide bonds. The van der Waals surface area contributed by atoms with Crippen LogP contribution in [0.5, 0.6) is 11.5 Å². The van der Waals surface area contributed by atoms with Gasteiger partial charge in [-0.25, -0.2) is 17.6 Å². The second-order valence-electron chi connectivity index (χ2n) is 9.82. The number of hydrogen-bond donors (Lipinski definition) is 0. The summed E-state index contributed by atoms with van der Waals surface area (Å²) in [6.07, 6.45) is -1.25. The summed E-state index contributed by atoms with van der Waals surface area (Å²) >= 11 is 0. The maximum absolute atomic E-state index is 16.2. The van der Waals surface area contributed by atoms with Crippen molar-refractivity contribution in [1.82, 2.24) is 9.21 Å². The van der Waals surface area contributed by atoms with Gasteiger partial charge in [0.05, 0.1) is 14.2 Å². The molecule has 3 rings (SSSR count). The van der Waals surface area contributed by atoms with Crippen molar-refractivity contribution in [2.45, 2.75) is 57.3 Å². The molecule has 10 heteroatoms. The normalized spacial score (nSPS) is 16.0. The lowest BCUT2D eigenvalue weighted by Crippen LogP contribution is -2.53. The molecule has 0 bridgehead atoms. The zero-order valence-electron chi connectivity index (χ0n) is 21.5. The molecule has 198 valence electrons. The number of halogens is 1. The molecule has 1 heterocycles. The number of likely N-dealkylation sites (tertiary alicyclic amines) is 1. The molecule has 0 atom stereocenters. The van der Waals surface area contributed by atoms with Gasteiger partial charge in [0.15, 0.2) is 0 Å². The SMILES string of the molecule is COc1ccc(CN(Cc2ccc(OC)cc2)S(=O)(=O)C2(F)CCN(C(=O)OC(C)(C)C)CC2)cc1. The first-order chi connectivity index (χ1) is 16.9. The molecule has 0 spiro atoms. The lowest BCUT2D eigenvalue weighted by molar-refractivity contribution is 0.0132. The van der Waals surface area contributed by atoms with Crippen LogP contribution in [0, 0.1) is 0 Å². The number of alkyl halides is 1. The third-order valence-electron chi connectivity index (χ3n) is 6.00. The minimum atomic E-state index is -4.41. The van der Waals surface area contributed by atoms with Crippen molar-refractivity contribution in [2.24, 2.45) is 0 Å². The predicted molar refractivity (Wildman–Crippen MR) is 135 cm³/mol. The molecule has 0 N–H and O–H groups in total. The molecular formula is C26H35FN2O6S. The monoisotopic (exact) mass is 522 g/mol. The van der Waals surface area contributed by atoms with Gasteiger partial charge in [0.25, 0.3) is 0 Å². The second-order valence-corrected chi connectivity index (χ2v) is 12.0. The quantitative estimate of drug-likeness (QED) is 0.498. The molecule has 36 heavy (non-hydrogen) atoms. The van der Waals surface area contributed by atoms with Crippen LogP contribution >= 0.6 is 0 Å². The average Bonchev–Trinajstić information content (AvgIpc) is 2.83. The molecule has 1 aliphatic rings. The topological polar surface area (TPSA) is 85.4 Å². The van der Waals surface area contributed by atoms with E-state index < -0.39 is 26.7 Å². The zero-order chi connectivity index (χ0) is 26.6. The molecule has 1 aliphatic heterocycles. The first kappa shape index (κ1) is 27.7. The number of hydrogen-bond acceptors (Lipinski definition) is 6. The largest absolute Gasteiger partial charge is 0.497 e. The summed E-state index contributed by atoms with van der Waals surface area (Å²) in [7, 11) is -1.32. The van der Waals surface area contributed by atoms with Crippen molar-refractivity contribution in [1.29, 1.82) is 0 Å². The number of piperidine rings is 1. The van der Waals surface area contributed by atoms with Gasteiger partial charge in [0.1, 0.15) is 17.1 Å². The van der Waals surface area contributed by atoms with E-state index in [1.807, 2.05) is 0 Å². The summed E-state index contributed by atoms with van der Waals surface area (Å²) in [4.78, 5) is 13.8. The third kappa shape index (κ3) is 6.67. The van der Waals surface area contributed by atoms with Crippen molar-refractivity contribution in [3.63, 3.8) is 0 Å². The molecular weight excluding hydrogens is 487 g/mol. The van der Waals surface area contributed by atoms with Crippen molar-refractivity contribution in [3.8, 4) is 11.5 Å². The zero-order valence-corrected chi connectivity index (χ0v) is 22.3. The fourth-order valence-electron chi connectivity index (χ4n) is 3.93. The number of methoxy groups -OCH3 is 2. The van der Waals surface area contributed by atoms with Crippen LogP contribution in [0.4, 0.5) is 9.18 Å². The van der Waals surface area contributed by atoms with E-state index in [2.05, 4.69) is 0 Å². The lowest BCUT2D eigenvalue weighted by Gasteiger charge is -2.39. The van der Waals surface area contributed by atoms with Crippen LogP contribution < -0.4 is 9.47 Å². The highest BCUT2D eigenvalue weighted by molar-refractivity contribution is 7.90. The predicted octanol–water partition coefficient (Wildman–Crippen LogP) is 4.73. The Morgan fingerprint density at radius 1 is 0.917 bits per heavy atom. The number of ether oxygens (including phenoxy) is 3. The van der Waals surface area contributed by atoms with Crippen LogP contribution in [-0.2, 0) is 27.8 Å². The van der Waals surface area contributed by atoms with Gasteiger partial charge >= 0.3 is 6.09 Å². The standard InChI is InChI=1S/C26H35FN2O6S/c1-25(2,3)35-24(30)28-16-14-26(27,15-17-28)36(31,32)29(18-20-6-10-22(33-4)11-7-20)19-21-8-12-23(34-5)13-9-21/h6-13H,14-19H2,1-5H3. The molecule has 1 fully saturated rings. The number of carbonyl (C=O) groups excluding carboxylic acids is 1. The fourth-order valence-corrected chi connectivity index (χ4v) is 5.73. The number of sulfonamides is 1. The van der Waals surface area contributed by atoms with Gasteiger partial charge in [-0.15, -0.1) is 0 Å². The Kier molecular flexibility index (Phi) is 8.51.